The minimum Gasteiger partial charge on any atom is -0.341 e. The fourth-order valence-corrected chi connectivity index (χ4v) is 1.88. The number of hydrogen-bond donors (Lipinski definition) is 0. The fraction of sp³-hybridized carbons (Fsp3) is 0.533. The number of halogens is 3. The Hall–Kier alpha value is -1.52. The number of benzene rings is 1. The maximum absolute atomic E-state index is 12.4. The first-order valence-corrected chi connectivity index (χ1v) is 6.74. The van der Waals surface area contributed by atoms with Crippen molar-refractivity contribution < 1.29 is 18.0 Å². The van der Waals surface area contributed by atoms with Crippen LogP contribution in [0.4, 0.5) is 13.2 Å². The van der Waals surface area contributed by atoms with Gasteiger partial charge in [-0.15, -0.1) is 0 Å². The van der Waals surface area contributed by atoms with E-state index in [1.54, 1.807) is 11.9 Å². The van der Waals surface area contributed by atoms with Crippen molar-refractivity contribution in [1.29, 1.82) is 0 Å². The molecule has 1 amide bonds. The van der Waals surface area contributed by atoms with E-state index in [4.69, 9.17) is 0 Å². The van der Waals surface area contributed by atoms with Crippen LogP contribution in [-0.4, -0.2) is 17.9 Å². The summed E-state index contributed by atoms with van der Waals surface area (Å²) in [5.41, 5.74) is 0.0301. The van der Waals surface area contributed by atoms with Gasteiger partial charge in [0.05, 0.1) is 5.56 Å². The van der Waals surface area contributed by atoms with E-state index in [9.17, 15) is 18.0 Å². The highest BCUT2D eigenvalue weighted by atomic mass is 19.4. The third-order valence-electron chi connectivity index (χ3n) is 3.12. The van der Waals surface area contributed by atoms with Crippen molar-refractivity contribution in [2.24, 2.45) is 0 Å². The number of carbonyl (C=O) groups excluding carboxylic acids is 1. The summed E-state index contributed by atoms with van der Waals surface area (Å²) in [5.74, 6) is 0.0262. The molecular formula is C15H20F3NO. The monoisotopic (exact) mass is 287 g/mol. The van der Waals surface area contributed by atoms with Crippen LogP contribution in [-0.2, 0) is 17.5 Å². The second-order valence-corrected chi connectivity index (χ2v) is 4.90. The maximum Gasteiger partial charge on any atom is 0.416 e. The minimum absolute atomic E-state index is 0.0262. The summed E-state index contributed by atoms with van der Waals surface area (Å²) >= 11 is 0. The topological polar surface area (TPSA) is 20.3 Å². The zero-order chi connectivity index (χ0) is 15.2. The number of unbranched alkanes of at least 4 members (excludes halogenated alkanes) is 2. The van der Waals surface area contributed by atoms with Crippen LogP contribution in [0.2, 0.25) is 0 Å². The molecular weight excluding hydrogens is 267 g/mol. The van der Waals surface area contributed by atoms with E-state index in [2.05, 4.69) is 6.92 Å². The fourth-order valence-electron chi connectivity index (χ4n) is 1.88. The van der Waals surface area contributed by atoms with Crippen molar-refractivity contribution in [3.63, 3.8) is 0 Å². The molecule has 0 aliphatic carbocycles. The molecule has 0 aliphatic heterocycles. The SMILES string of the molecule is CCCCCC(=O)N(C)Cc1ccc(C(F)(F)F)cc1. The highest BCUT2D eigenvalue weighted by molar-refractivity contribution is 5.75. The van der Waals surface area contributed by atoms with Crippen molar-refractivity contribution in [2.75, 3.05) is 7.05 Å². The van der Waals surface area contributed by atoms with E-state index >= 15 is 0 Å². The van der Waals surface area contributed by atoms with E-state index in [1.807, 2.05) is 0 Å². The first-order chi connectivity index (χ1) is 9.34. The molecule has 0 radical (unpaired) electrons. The van der Waals surface area contributed by atoms with Crippen molar-refractivity contribution in [1.82, 2.24) is 4.90 Å². The Morgan fingerprint density at radius 2 is 1.75 bits per heavy atom. The van der Waals surface area contributed by atoms with Crippen molar-refractivity contribution in [2.45, 2.75) is 45.3 Å². The Balaban J connectivity index is 2.53. The third-order valence-corrected chi connectivity index (χ3v) is 3.12. The van der Waals surface area contributed by atoms with Gasteiger partial charge in [-0.2, -0.15) is 13.2 Å². The minimum atomic E-state index is -4.32. The molecule has 0 bridgehead atoms. The lowest BCUT2D eigenvalue weighted by molar-refractivity contribution is -0.137. The number of amides is 1. The van der Waals surface area contributed by atoms with Crippen LogP contribution in [0, 0.1) is 0 Å². The maximum atomic E-state index is 12.4. The van der Waals surface area contributed by atoms with Gasteiger partial charge in [-0.3, -0.25) is 4.79 Å². The van der Waals surface area contributed by atoms with Gasteiger partial charge in [0.25, 0.3) is 0 Å². The molecule has 0 N–H and O–H groups in total. The van der Waals surface area contributed by atoms with Gasteiger partial charge in [0.1, 0.15) is 0 Å². The van der Waals surface area contributed by atoms with E-state index in [0.29, 0.717) is 18.5 Å². The predicted octanol–water partition coefficient (Wildman–Crippen LogP) is 4.24. The number of nitrogens with zero attached hydrogens (tertiary/aromatic N) is 1. The molecule has 1 rings (SSSR count). The van der Waals surface area contributed by atoms with E-state index < -0.39 is 11.7 Å². The molecule has 2 nitrogen and oxygen atoms in total. The Morgan fingerprint density at radius 3 is 2.25 bits per heavy atom. The molecule has 1 aromatic rings. The van der Waals surface area contributed by atoms with Crippen molar-refractivity contribution >= 4 is 5.91 Å². The lowest BCUT2D eigenvalue weighted by Crippen LogP contribution is -2.25. The zero-order valence-electron chi connectivity index (χ0n) is 11.8. The molecule has 0 heterocycles. The summed E-state index contributed by atoms with van der Waals surface area (Å²) in [7, 11) is 1.67. The van der Waals surface area contributed by atoms with Crippen molar-refractivity contribution in [3.05, 3.63) is 35.4 Å². The molecule has 0 saturated heterocycles. The highest BCUT2D eigenvalue weighted by Gasteiger charge is 2.29. The molecule has 0 fully saturated rings. The van der Waals surface area contributed by atoms with E-state index in [-0.39, 0.29) is 5.91 Å². The molecule has 112 valence electrons. The smallest absolute Gasteiger partial charge is 0.341 e. The Morgan fingerprint density at radius 1 is 1.15 bits per heavy atom. The van der Waals surface area contributed by atoms with Gasteiger partial charge in [0, 0.05) is 20.0 Å². The molecule has 20 heavy (non-hydrogen) atoms. The highest BCUT2D eigenvalue weighted by Crippen LogP contribution is 2.29. The lowest BCUT2D eigenvalue weighted by Gasteiger charge is -2.17. The summed E-state index contributed by atoms with van der Waals surface area (Å²) in [4.78, 5) is 13.3. The van der Waals surface area contributed by atoms with Gasteiger partial charge < -0.3 is 4.90 Å². The van der Waals surface area contributed by atoms with Crippen LogP contribution in [0.15, 0.2) is 24.3 Å². The van der Waals surface area contributed by atoms with Crippen LogP contribution < -0.4 is 0 Å². The molecule has 0 atom stereocenters. The summed E-state index contributed by atoms with van der Waals surface area (Å²) < 4.78 is 37.3. The van der Waals surface area contributed by atoms with Crippen LogP contribution >= 0.6 is 0 Å². The molecule has 0 unspecified atom stereocenters. The van der Waals surface area contributed by atoms with Gasteiger partial charge in [-0.25, -0.2) is 0 Å². The average molecular weight is 287 g/mol. The number of alkyl halides is 3. The molecule has 0 spiro atoms. The molecule has 0 saturated carbocycles. The Kier molecular flexibility index (Phi) is 6.05. The van der Waals surface area contributed by atoms with Gasteiger partial charge in [-0.05, 0) is 24.1 Å². The predicted molar refractivity (Wildman–Crippen MR) is 72.1 cm³/mol. The van der Waals surface area contributed by atoms with Crippen LogP contribution in [0.5, 0.6) is 0 Å². The Bertz CT molecular complexity index is 426. The largest absolute Gasteiger partial charge is 0.416 e. The molecule has 5 heteroatoms. The van der Waals surface area contributed by atoms with Gasteiger partial charge in [0.15, 0.2) is 0 Å². The van der Waals surface area contributed by atoms with E-state index in [0.717, 1.165) is 31.4 Å². The second-order valence-electron chi connectivity index (χ2n) is 4.90. The first kappa shape index (κ1) is 16.5. The van der Waals surface area contributed by atoms with E-state index in [1.165, 1.54) is 12.1 Å². The van der Waals surface area contributed by atoms with Crippen LogP contribution in [0.25, 0.3) is 0 Å². The standard InChI is InChI=1S/C15H20F3NO/c1-3-4-5-6-14(20)19(2)11-12-7-9-13(10-8-12)15(16,17)18/h7-10H,3-6,11H2,1-2H3. The van der Waals surface area contributed by atoms with Gasteiger partial charge in [0.2, 0.25) is 5.91 Å². The summed E-state index contributed by atoms with van der Waals surface area (Å²) in [6, 6.07) is 4.92. The van der Waals surface area contributed by atoms with Crippen molar-refractivity contribution in [3.8, 4) is 0 Å². The molecule has 0 aromatic heterocycles. The average Bonchev–Trinajstić information content (AvgIpc) is 2.38. The van der Waals surface area contributed by atoms with Crippen LogP contribution in [0.3, 0.4) is 0 Å². The normalized spacial score (nSPS) is 11.4. The number of rotatable bonds is 6. The summed E-state index contributed by atoms with van der Waals surface area (Å²) in [5, 5.41) is 0. The third kappa shape index (κ3) is 5.23. The van der Waals surface area contributed by atoms with Crippen LogP contribution in [0.1, 0.15) is 43.7 Å². The first-order valence-electron chi connectivity index (χ1n) is 6.74. The Labute approximate surface area is 117 Å². The summed E-state index contributed by atoms with van der Waals surface area (Å²) in [6.07, 6.45) is -0.909. The molecule has 1 aromatic carbocycles. The second kappa shape index (κ2) is 7.31. The molecule has 0 aliphatic rings. The van der Waals surface area contributed by atoms with Gasteiger partial charge in [-0.1, -0.05) is 31.9 Å². The number of hydrogen-bond acceptors (Lipinski definition) is 1. The summed E-state index contributed by atoms with van der Waals surface area (Å²) in [6.45, 7) is 2.40. The zero-order valence-corrected chi connectivity index (χ0v) is 11.8. The number of carbonyl (C=O) groups is 1. The quantitative estimate of drug-likeness (QED) is 0.716. The lowest BCUT2D eigenvalue weighted by atomic mass is 10.1. The van der Waals surface area contributed by atoms with Gasteiger partial charge >= 0.3 is 6.18 Å².